The summed E-state index contributed by atoms with van der Waals surface area (Å²) < 4.78 is 20.1. The Morgan fingerprint density at radius 2 is 1.97 bits per heavy atom. The lowest BCUT2D eigenvalue weighted by Gasteiger charge is -2.32. The Hall–Kier alpha value is -2.81. The third-order valence-corrected chi connectivity index (χ3v) is 5.77. The normalized spacial score (nSPS) is 18.3. The van der Waals surface area contributed by atoms with Gasteiger partial charge in [-0.15, -0.1) is 5.10 Å². The summed E-state index contributed by atoms with van der Waals surface area (Å²) >= 11 is 0. The molecule has 0 N–H and O–H groups in total. The van der Waals surface area contributed by atoms with Gasteiger partial charge in [0.25, 0.3) is 0 Å². The van der Waals surface area contributed by atoms with Gasteiger partial charge in [-0.3, -0.25) is 4.90 Å². The van der Waals surface area contributed by atoms with Crippen molar-refractivity contribution in [3.8, 4) is 0 Å². The summed E-state index contributed by atoms with van der Waals surface area (Å²) in [5.41, 5.74) is 2.33. The fourth-order valence-electron chi connectivity index (χ4n) is 4.09. The zero-order chi connectivity index (χ0) is 20.9. The molecule has 8 nitrogen and oxygen atoms in total. The molecule has 0 saturated carbocycles. The van der Waals surface area contributed by atoms with Crippen molar-refractivity contribution >= 4 is 11.7 Å². The van der Waals surface area contributed by atoms with Crippen molar-refractivity contribution in [1.82, 2.24) is 30.0 Å². The number of tetrazole rings is 1. The molecule has 1 fully saturated rings. The summed E-state index contributed by atoms with van der Waals surface area (Å²) in [4.78, 5) is 15.9. The molecule has 0 unspecified atom stereocenters. The van der Waals surface area contributed by atoms with E-state index in [9.17, 15) is 9.18 Å². The molecule has 1 amide bonds. The lowest BCUT2D eigenvalue weighted by atomic mass is 9.99. The minimum Gasteiger partial charge on any atom is -0.450 e. The van der Waals surface area contributed by atoms with Crippen LogP contribution in [-0.2, 0) is 11.3 Å². The number of aromatic nitrogens is 4. The highest BCUT2D eigenvalue weighted by molar-refractivity contribution is 5.67. The standard InChI is InChI=1S/C21H27FN6O2/c1-2-30-21(29)27-13-9-19(10-14-27)28-20(23-24-25-28)15-26-11-7-17(8-12-26)16-3-5-18(22)6-4-16/h3-7,19H,2,8-15H2,1H3. The van der Waals surface area contributed by atoms with Crippen LogP contribution in [0.2, 0.25) is 0 Å². The second-order valence-corrected chi connectivity index (χ2v) is 7.68. The van der Waals surface area contributed by atoms with Crippen molar-refractivity contribution in [2.75, 3.05) is 32.8 Å². The third kappa shape index (κ3) is 4.67. The molecule has 0 radical (unpaired) electrons. The van der Waals surface area contributed by atoms with Crippen molar-refractivity contribution in [3.63, 3.8) is 0 Å². The summed E-state index contributed by atoms with van der Waals surface area (Å²) in [5.74, 6) is 0.639. The van der Waals surface area contributed by atoms with E-state index in [1.165, 1.54) is 17.7 Å². The third-order valence-electron chi connectivity index (χ3n) is 5.77. The topological polar surface area (TPSA) is 76.4 Å². The summed E-state index contributed by atoms with van der Waals surface area (Å²) in [5, 5.41) is 12.4. The number of carbonyl (C=O) groups is 1. The number of amides is 1. The van der Waals surface area contributed by atoms with Gasteiger partial charge in [-0.1, -0.05) is 18.2 Å². The van der Waals surface area contributed by atoms with E-state index in [4.69, 9.17) is 4.74 Å². The average molecular weight is 414 g/mol. The first-order valence-corrected chi connectivity index (χ1v) is 10.5. The molecule has 9 heteroatoms. The van der Waals surface area contributed by atoms with Gasteiger partial charge in [0.1, 0.15) is 5.82 Å². The Morgan fingerprint density at radius 1 is 1.20 bits per heavy atom. The highest BCUT2D eigenvalue weighted by Crippen LogP contribution is 2.25. The number of ether oxygens (including phenoxy) is 1. The quantitative estimate of drug-likeness (QED) is 0.749. The lowest BCUT2D eigenvalue weighted by Crippen LogP contribution is -2.40. The number of likely N-dealkylation sites (tertiary alicyclic amines) is 1. The number of nitrogens with zero attached hydrogens (tertiary/aromatic N) is 6. The maximum atomic E-state index is 13.1. The van der Waals surface area contributed by atoms with Crippen LogP contribution in [0.1, 0.15) is 43.6 Å². The van der Waals surface area contributed by atoms with Crippen molar-refractivity contribution < 1.29 is 13.9 Å². The second-order valence-electron chi connectivity index (χ2n) is 7.68. The molecule has 0 aliphatic carbocycles. The molecule has 0 atom stereocenters. The predicted molar refractivity (Wildman–Crippen MR) is 109 cm³/mol. The molecular weight excluding hydrogens is 387 g/mol. The zero-order valence-electron chi connectivity index (χ0n) is 17.2. The molecule has 2 aromatic rings. The van der Waals surface area contributed by atoms with Crippen LogP contribution >= 0.6 is 0 Å². The molecular formula is C21H27FN6O2. The summed E-state index contributed by atoms with van der Waals surface area (Å²) in [7, 11) is 0. The van der Waals surface area contributed by atoms with Crippen LogP contribution in [0.15, 0.2) is 30.3 Å². The lowest BCUT2D eigenvalue weighted by molar-refractivity contribution is 0.0907. The fraction of sp³-hybridized carbons (Fsp3) is 0.524. The summed E-state index contributed by atoms with van der Waals surface area (Å²) in [6, 6.07) is 6.87. The van der Waals surface area contributed by atoms with Crippen molar-refractivity contribution in [1.29, 1.82) is 0 Å². The SMILES string of the molecule is CCOC(=O)N1CCC(n2nnnc2CN2CC=C(c3ccc(F)cc3)CC2)CC1. The minimum atomic E-state index is -0.245. The van der Waals surface area contributed by atoms with Crippen LogP contribution in [0.25, 0.3) is 5.57 Å². The molecule has 3 heterocycles. The second kappa shape index (κ2) is 9.34. The van der Waals surface area contributed by atoms with Gasteiger partial charge >= 0.3 is 6.09 Å². The van der Waals surface area contributed by atoms with Gasteiger partial charge in [0.15, 0.2) is 5.82 Å². The zero-order valence-corrected chi connectivity index (χ0v) is 17.2. The Kier molecular flexibility index (Phi) is 6.37. The van der Waals surface area contributed by atoms with E-state index in [1.54, 1.807) is 4.90 Å². The molecule has 4 rings (SSSR count). The number of piperidine rings is 1. The maximum absolute atomic E-state index is 13.1. The first-order valence-electron chi connectivity index (χ1n) is 10.5. The van der Waals surface area contributed by atoms with E-state index in [1.807, 2.05) is 23.7 Å². The van der Waals surface area contributed by atoms with E-state index in [0.717, 1.165) is 43.7 Å². The Balaban J connectivity index is 1.34. The van der Waals surface area contributed by atoms with Gasteiger partial charge in [0, 0.05) is 26.2 Å². The monoisotopic (exact) mass is 414 g/mol. The van der Waals surface area contributed by atoms with Crippen LogP contribution in [0.3, 0.4) is 0 Å². The van der Waals surface area contributed by atoms with Crippen LogP contribution in [0, 0.1) is 5.82 Å². The highest BCUT2D eigenvalue weighted by atomic mass is 19.1. The van der Waals surface area contributed by atoms with Crippen LogP contribution in [0.4, 0.5) is 9.18 Å². The molecule has 160 valence electrons. The molecule has 1 saturated heterocycles. The van der Waals surface area contributed by atoms with E-state index < -0.39 is 0 Å². The van der Waals surface area contributed by atoms with Gasteiger partial charge in [-0.2, -0.15) is 0 Å². The van der Waals surface area contributed by atoms with E-state index in [0.29, 0.717) is 26.2 Å². The predicted octanol–water partition coefficient (Wildman–Crippen LogP) is 2.89. The Bertz CT molecular complexity index is 889. The van der Waals surface area contributed by atoms with Crippen molar-refractivity contribution in [2.24, 2.45) is 0 Å². The van der Waals surface area contributed by atoms with Gasteiger partial charge in [0.05, 0.1) is 19.2 Å². The van der Waals surface area contributed by atoms with E-state index in [2.05, 4.69) is 26.5 Å². The Morgan fingerprint density at radius 3 is 2.63 bits per heavy atom. The van der Waals surface area contributed by atoms with Crippen LogP contribution < -0.4 is 0 Å². The first kappa shape index (κ1) is 20.5. The van der Waals surface area contributed by atoms with Crippen molar-refractivity contribution in [3.05, 3.63) is 47.5 Å². The molecule has 0 spiro atoms. The molecule has 1 aromatic heterocycles. The van der Waals surface area contributed by atoms with Gasteiger partial charge in [0.2, 0.25) is 0 Å². The summed E-state index contributed by atoms with van der Waals surface area (Å²) in [6.07, 6.45) is 4.48. The Labute approximate surface area is 175 Å². The number of rotatable bonds is 5. The number of hydrogen-bond acceptors (Lipinski definition) is 6. The molecule has 1 aromatic carbocycles. The summed E-state index contributed by atoms with van der Waals surface area (Å²) in [6.45, 7) is 5.89. The largest absolute Gasteiger partial charge is 0.450 e. The number of benzene rings is 1. The van der Waals surface area contributed by atoms with Gasteiger partial charge < -0.3 is 9.64 Å². The van der Waals surface area contributed by atoms with Crippen molar-refractivity contribution in [2.45, 2.75) is 38.8 Å². The fourth-order valence-corrected chi connectivity index (χ4v) is 4.09. The smallest absolute Gasteiger partial charge is 0.409 e. The van der Waals surface area contributed by atoms with Crippen LogP contribution in [0.5, 0.6) is 0 Å². The molecule has 2 aliphatic heterocycles. The average Bonchev–Trinajstić information content (AvgIpc) is 3.23. The molecule has 0 bridgehead atoms. The van der Waals surface area contributed by atoms with E-state index in [-0.39, 0.29) is 18.0 Å². The minimum absolute atomic E-state index is 0.191. The highest BCUT2D eigenvalue weighted by Gasteiger charge is 2.27. The van der Waals surface area contributed by atoms with E-state index >= 15 is 0 Å². The van der Waals surface area contributed by atoms with Gasteiger partial charge in [-0.05, 0) is 59.9 Å². The maximum Gasteiger partial charge on any atom is 0.409 e. The van der Waals surface area contributed by atoms with Gasteiger partial charge in [-0.25, -0.2) is 13.9 Å². The van der Waals surface area contributed by atoms with Crippen LogP contribution in [-0.4, -0.2) is 68.9 Å². The number of halogens is 1. The molecule has 30 heavy (non-hydrogen) atoms. The number of hydrogen-bond donors (Lipinski definition) is 0. The molecule has 2 aliphatic rings. The first-order chi connectivity index (χ1) is 14.6. The number of carbonyl (C=O) groups excluding carboxylic acids is 1.